The Morgan fingerprint density at radius 1 is 1.41 bits per heavy atom. The van der Waals surface area contributed by atoms with E-state index in [0.29, 0.717) is 5.69 Å². The average molecular weight is 232 g/mol. The number of nitrogens with two attached hydrogens (primary N) is 1. The van der Waals surface area contributed by atoms with Gasteiger partial charge in [0, 0.05) is 0 Å². The van der Waals surface area contributed by atoms with Crippen molar-refractivity contribution >= 4 is 17.3 Å². The molecule has 2 heterocycles. The summed E-state index contributed by atoms with van der Waals surface area (Å²) in [5, 5.41) is 6.53. The molecule has 1 atom stereocenters. The number of nitrogens with zero attached hydrogens (tertiary/aromatic N) is 2. The maximum absolute atomic E-state index is 11.9. The minimum Gasteiger partial charge on any atom is -0.368 e. The molecular formula is C11H12N4O2. The number of aromatic nitrogens is 2. The topological polar surface area (TPSA) is 89.5 Å². The van der Waals surface area contributed by atoms with Crippen molar-refractivity contribution in [2.45, 2.75) is 13.0 Å². The van der Waals surface area contributed by atoms with Gasteiger partial charge in [-0.25, -0.2) is 4.52 Å². The smallest absolute Gasteiger partial charge is 0.270 e. The second-order valence-electron chi connectivity index (χ2n) is 3.68. The highest BCUT2D eigenvalue weighted by molar-refractivity contribution is 5.96. The summed E-state index contributed by atoms with van der Waals surface area (Å²) in [7, 11) is 0. The van der Waals surface area contributed by atoms with Crippen LogP contribution in [0, 0.1) is 0 Å². The first-order valence-corrected chi connectivity index (χ1v) is 5.12. The highest BCUT2D eigenvalue weighted by atomic mass is 16.2. The molecule has 0 spiro atoms. The number of carbonyl (C=O) groups is 2. The van der Waals surface area contributed by atoms with Gasteiger partial charge in [-0.05, 0) is 25.1 Å². The molecule has 0 bridgehead atoms. The third-order valence-corrected chi connectivity index (χ3v) is 2.43. The molecule has 6 heteroatoms. The van der Waals surface area contributed by atoms with Crippen molar-refractivity contribution in [2.75, 3.05) is 0 Å². The number of pyridine rings is 1. The first-order chi connectivity index (χ1) is 8.09. The van der Waals surface area contributed by atoms with Gasteiger partial charge in [0.25, 0.3) is 5.91 Å². The molecule has 0 saturated heterocycles. The van der Waals surface area contributed by atoms with E-state index in [9.17, 15) is 9.59 Å². The summed E-state index contributed by atoms with van der Waals surface area (Å²) in [6, 6.07) is 6.28. The molecule has 0 aliphatic carbocycles. The Kier molecular flexibility index (Phi) is 2.78. The largest absolute Gasteiger partial charge is 0.368 e. The summed E-state index contributed by atoms with van der Waals surface area (Å²) in [6.07, 6.45) is 1.60. The number of hydrogen-bond acceptors (Lipinski definition) is 3. The van der Waals surface area contributed by atoms with E-state index in [-0.39, 0.29) is 5.91 Å². The van der Waals surface area contributed by atoms with Gasteiger partial charge in [-0.3, -0.25) is 9.59 Å². The second kappa shape index (κ2) is 4.25. The van der Waals surface area contributed by atoms with Crippen LogP contribution >= 0.6 is 0 Å². The van der Waals surface area contributed by atoms with Gasteiger partial charge in [-0.2, -0.15) is 5.10 Å². The number of rotatable bonds is 3. The van der Waals surface area contributed by atoms with Crippen LogP contribution in [0.15, 0.2) is 30.5 Å². The first-order valence-electron chi connectivity index (χ1n) is 5.12. The lowest BCUT2D eigenvalue weighted by atomic mass is 10.2. The fourth-order valence-corrected chi connectivity index (χ4v) is 1.46. The molecule has 6 nitrogen and oxygen atoms in total. The quantitative estimate of drug-likeness (QED) is 0.776. The molecule has 3 N–H and O–H groups in total. The summed E-state index contributed by atoms with van der Waals surface area (Å²) < 4.78 is 1.50. The molecule has 2 aromatic heterocycles. The molecule has 0 aliphatic rings. The van der Waals surface area contributed by atoms with Crippen molar-refractivity contribution in [2.24, 2.45) is 5.73 Å². The van der Waals surface area contributed by atoms with E-state index >= 15 is 0 Å². The fraction of sp³-hybridized carbons (Fsp3) is 0.182. The summed E-state index contributed by atoms with van der Waals surface area (Å²) in [5.74, 6) is -0.961. The van der Waals surface area contributed by atoms with Crippen LogP contribution in [0.3, 0.4) is 0 Å². The number of fused-ring (bicyclic) bond motifs is 1. The zero-order valence-electron chi connectivity index (χ0n) is 9.25. The lowest BCUT2D eigenvalue weighted by Gasteiger charge is -2.10. The van der Waals surface area contributed by atoms with Gasteiger partial charge in [0.05, 0.1) is 11.7 Å². The van der Waals surface area contributed by atoms with E-state index in [0.717, 1.165) is 5.52 Å². The molecule has 0 aliphatic heterocycles. The zero-order chi connectivity index (χ0) is 12.4. The van der Waals surface area contributed by atoms with Crippen LogP contribution < -0.4 is 11.1 Å². The van der Waals surface area contributed by atoms with Crippen molar-refractivity contribution in [1.29, 1.82) is 0 Å². The Hall–Kier alpha value is -2.37. The zero-order valence-corrected chi connectivity index (χ0v) is 9.25. The predicted octanol–water partition coefficient (Wildman–Crippen LogP) is -0.0621. The molecule has 88 valence electrons. The Labute approximate surface area is 97.4 Å². The number of hydrogen-bond donors (Lipinski definition) is 2. The van der Waals surface area contributed by atoms with Crippen LogP contribution in [-0.2, 0) is 4.79 Å². The van der Waals surface area contributed by atoms with Crippen LogP contribution in [0.5, 0.6) is 0 Å². The molecule has 0 aromatic carbocycles. The highest BCUT2D eigenvalue weighted by Gasteiger charge is 2.15. The van der Waals surface area contributed by atoms with E-state index in [1.807, 2.05) is 6.07 Å². The standard InChI is InChI=1S/C11H12N4O2/c1-7(10(12)16)14-11(17)9-4-2-3-8-5-6-13-15(8)9/h2-7H,1H3,(H2,12,16)(H,14,17)/t7-/m1/s1. The number of amides is 2. The van der Waals surface area contributed by atoms with Gasteiger partial charge in [0.2, 0.25) is 5.91 Å². The van der Waals surface area contributed by atoms with Crippen molar-refractivity contribution in [1.82, 2.24) is 14.9 Å². The number of carbonyl (C=O) groups excluding carboxylic acids is 2. The number of nitrogens with one attached hydrogen (secondary N) is 1. The third kappa shape index (κ3) is 2.10. The lowest BCUT2D eigenvalue weighted by Crippen LogP contribution is -2.42. The lowest BCUT2D eigenvalue weighted by molar-refractivity contribution is -0.119. The van der Waals surface area contributed by atoms with Gasteiger partial charge >= 0.3 is 0 Å². The van der Waals surface area contributed by atoms with Crippen LogP contribution in [0.4, 0.5) is 0 Å². The molecule has 2 rings (SSSR count). The minimum absolute atomic E-state index is 0.362. The monoisotopic (exact) mass is 232 g/mol. The normalized spacial score (nSPS) is 12.3. The molecule has 0 saturated carbocycles. The SMILES string of the molecule is C[C@@H](NC(=O)c1cccc2ccnn12)C(N)=O. The molecule has 0 unspecified atom stereocenters. The number of primary amides is 1. The van der Waals surface area contributed by atoms with Gasteiger partial charge < -0.3 is 11.1 Å². The van der Waals surface area contributed by atoms with E-state index in [1.165, 1.54) is 11.4 Å². The Morgan fingerprint density at radius 3 is 2.88 bits per heavy atom. The van der Waals surface area contributed by atoms with Crippen LogP contribution in [0.2, 0.25) is 0 Å². The van der Waals surface area contributed by atoms with E-state index in [2.05, 4.69) is 10.4 Å². The maximum Gasteiger partial charge on any atom is 0.270 e. The second-order valence-corrected chi connectivity index (χ2v) is 3.68. The van der Waals surface area contributed by atoms with Crippen molar-refractivity contribution < 1.29 is 9.59 Å². The molecule has 0 radical (unpaired) electrons. The van der Waals surface area contributed by atoms with Crippen molar-refractivity contribution in [3.8, 4) is 0 Å². The Bertz CT molecular complexity index is 576. The van der Waals surface area contributed by atoms with E-state index < -0.39 is 11.9 Å². The molecule has 17 heavy (non-hydrogen) atoms. The van der Waals surface area contributed by atoms with Crippen LogP contribution in [0.1, 0.15) is 17.4 Å². The summed E-state index contributed by atoms with van der Waals surface area (Å²) >= 11 is 0. The Balaban J connectivity index is 2.30. The van der Waals surface area contributed by atoms with Crippen LogP contribution in [0.25, 0.3) is 5.52 Å². The average Bonchev–Trinajstić information content (AvgIpc) is 2.76. The summed E-state index contributed by atoms with van der Waals surface area (Å²) in [6.45, 7) is 1.53. The Morgan fingerprint density at radius 2 is 2.18 bits per heavy atom. The fourth-order valence-electron chi connectivity index (χ4n) is 1.46. The van der Waals surface area contributed by atoms with Gasteiger partial charge in [0.15, 0.2) is 0 Å². The summed E-state index contributed by atoms with van der Waals surface area (Å²) in [4.78, 5) is 22.8. The minimum atomic E-state index is -0.715. The van der Waals surface area contributed by atoms with E-state index in [4.69, 9.17) is 5.73 Å². The molecule has 0 fully saturated rings. The summed E-state index contributed by atoms with van der Waals surface area (Å²) in [5.41, 5.74) is 6.25. The van der Waals surface area contributed by atoms with Crippen LogP contribution in [-0.4, -0.2) is 27.5 Å². The maximum atomic E-state index is 11.9. The van der Waals surface area contributed by atoms with Crippen molar-refractivity contribution in [3.05, 3.63) is 36.2 Å². The van der Waals surface area contributed by atoms with Gasteiger partial charge in [-0.15, -0.1) is 0 Å². The highest BCUT2D eigenvalue weighted by Crippen LogP contribution is 2.06. The molecule has 2 amide bonds. The van der Waals surface area contributed by atoms with Gasteiger partial charge in [0.1, 0.15) is 11.7 Å². The first kappa shape index (κ1) is 11.1. The van der Waals surface area contributed by atoms with Crippen molar-refractivity contribution in [3.63, 3.8) is 0 Å². The molecular weight excluding hydrogens is 220 g/mol. The third-order valence-electron chi connectivity index (χ3n) is 2.43. The predicted molar refractivity (Wildman–Crippen MR) is 61.3 cm³/mol. The van der Waals surface area contributed by atoms with Gasteiger partial charge in [-0.1, -0.05) is 6.07 Å². The molecule has 2 aromatic rings. The van der Waals surface area contributed by atoms with E-state index in [1.54, 1.807) is 24.4 Å².